The third kappa shape index (κ3) is 3.86. The Morgan fingerprint density at radius 3 is 2.66 bits per heavy atom. The Labute approximate surface area is 205 Å². The number of hydrogen-bond acceptors (Lipinski definition) is 7. The molecule has 6 rings (SSSR count). The molecule has 1 amide bonds. The number of benzene rings is 2. The molecule has 1 aromatic heterocycles. The van der Waals surface area contributed by atoms with Crippen LogP contribution in [0, 0.1) is 6.92 Å². The standard InChI is InChI=1S/C27H31N7O/c1-17-10-19(21-13-31-32-14-21)12-23-24(17)29-16-30-25(23)34-9-6-18-4-5-22(11-20(18)15-34)33-26(35)27(28-2)7-3-8-27/h4-5,10-12,16,21,28H,3,6-9,13-15H2,1-2H3,(H,33,35). The van der Waals surface area contributed by atoms with Crippen molar-refractivity contribution in [3.8, 4) is 0 Å². The number of azo groups is 1. The van der Waals surface area contributed by atoms with Crippen LogP contribution in [-0.2, 0) is 17.8 Å². The van der Waals surface area contributed by atoms with Crippen LogP contribution in [0.25, 0.3) is 10.9 Å². The van der Waals surface area contributed by atoms with E-state index in [1.165, 1.54) is 16.7 Å². The van der Waals surface area contributed by atoms with Crippen LogP contribution < -0.4 is 15.5 Å². The maximum absolute atomic E-state index is 12.9. The Kier molecular flexibility index (Phi) is 5.48. The lowest BCUT2D eigenvalue weighted by atomic mass is 9.76. The first-order valence-electron chi connectivity index (χ1n) is 12.5. The molecule has 8 heteroatoms. The highest BCUT2D eigenvalue weighted by atomic mass is 16.2. The van der Waals surface area contributed by atoms with Gasteiger partial charge in [-0.25, -0.2) is 9.97 Å². The van der Waals surface area contributed by atoms with Crippen LogP contribution in [0.1, 0.15) is 47.4 Å². The van der Waals surface area contributed by atoms with E-state index in [1.54, 1.807) is 6.33 Å². The first-order valence-corrected chi connectivity index (χ1v) is 12.5. The fourth-order valence-electron chi connectivity index (χ4n) is 5.62. The summed E-state index contributed by atoms with van der Waals surface area (Å²) in [7, 11) is 1.87. The van der Waals surface area contributed by atoms with Crippen molar-refractivity contribution in [1.29, 1.82) is 0 Å². The quantitative estimate of drug-likeness (QED) is 0.586. The van der Waals surface area contributed by atoms with E-state index in [-0.39, 0.29) is 5.91 Å². The van der Waals surface area contributed by atoms with Crippen molar-refractivity contribution in [3.05, 3.63) is 58.9 Å². The van der Waals surface area contributed by atoms with Crippen LogP contribution in [0.3, 0.4) is 0 Å². The topological polar surface area (TPSA) is 94.9 Å². The lowest BCUT2D eigenvalue weighted by Crippen LogP contribution is -2.58. The second-order valence-electron chi connectivity index (χ2n) is 10.1. The number of amides is 1. The van der Waals surface area contributed by atoms with Gasteiger partial charge in [0, 0.05) is 30.1 Å². The van der Waals surface area contributed by atoms with Gasteiger partial charge in [-0.2, -0.15) is 10.2 Å². The smallest absolute Gasteiger partial charge is 0.244 e. The van der Waals surface area contributed by atoms with Crippen molar-refractivity contribution in [2.75, 3.05) is 36.9 Å². The Bertz CT molecular complexity index is 1320. The Hall–Kier alpha value is -3.39. The SMILES string of the molecule is CNC1(C(=O)Nc2ccc3c(c2)CN(c2ncnc4c(C)cc(C5CN=NC5)cc24)CC3)CCC1. The van der Waals surface area contributed by atoms with Gasteiger partial charge in [-0.15, -0.1) is 0 Å². The number of rotatable bonds is 5. The van der Waals surface area contributed by atoms with Crippen molar-refractivity contribution in [2.45, 2.75) is 50.6 Å². The zero-order valence-electron chi connectivity index (χ0n) is 20.3. The lowest BCUT2D eigenvalue weighted by Gasteiger charge is -2.40. The molecule has 2 aliphatic heterocycles. The molecule has 0 saturated heterocycles. The number of fused-ring (bicyclic) bond motifs is 2. The van der Waals surface area contributed by atoms with E-state index in [0.717, 1.165) is 79.8 Å². The van der Waals surface area contributed by atoms with E-state index >= 15 is 0 Å². The molecule has 1 saturated carbocycles. The number of nitrogens with one attached hydrogen (secondary N) is 2. The normalized spacial score (nSPS) is 19.0. The van der Waals surface area contributed by atoms with E-state index in [9.17, 15) is 4.79 Å². The molecule has 180 valence electrons. The van der Waals surface area contributed by atoms with Gasteiger partial charge in [-0.1, -0.05) is 12.1 Å². The highest BCUT2D eigenvalue weighted by molar-refractivity contribution is 5.99. The summed E-state index contributed by atoms with van der Waals surface area (Å²) in [4.78, 5) is 24.6. The minimum absolute atomic E-state index is 0.0639. The number of hydrogen-bond donors (Lipinski definition) is 2. The van der Waals surface area contributed by atoms with E-state index < -0.39 is 5.54 Å². The number of aromatic nitrogens is 2. The molecule has 0 spiro atoms. The summed E-state index contributed by atoms with van der Waals surface area (Å²) in [6.07, 6.45) is 5.48. The van der Waals surface area contributed by atoms with Crippen molar-refractivity contribution >= 4 is 28.3 Å². The van der Waals surface area contributed by atoms with Gasteiger partial charge in [0.05, 0.1) is 24.1 Å². The molecular weight excluding hydrogens is 438 g/mol. The van der Waals surface area contributed by atoms with E-state index in [2.05, 4.69) is 61.9 Å². The van der Waals surface area contributed by atoms with Gasteiger partial charge in [0.1, 0.15) is 12.1 Å². The fraction of sp³-hybridized carbons (Fsp3) is 0.444. The van der Waals surface area contributed by atoms with Crippen LogP contribution in [0.5, 0.6) is 0 Å². The summed E-state index contributed by atoms with van der Waals surface area (Å²) in [5, 5.41) is 15.9. The molecule has 1 aliphatic carbocycles. The maximum Gasteiger partial charge on any atom is 0.244 e. The number of carbonyl (C=O) groups excluding carboxylic acids is 1. The molecule has 1 fully saturated rings. The predicted molar refractivity (Wildman–Crippen MR) is 137 cm³/mol. The predicted octanol–water partition coefficient (Wildman–Crippen LogP) is 4.13. The first kappa shape index (κ1) is 22.1. The summed E-state index contributed by atoms with van der Waals surface area (Å²) in [5.74, 6) is 1.36. The summed E-state index contributed by atoms with van der Waals surface area (Å²) >= 11 is 0. The number of carbonyl (C=O) groups is 1. The number of nitrogens with zero attached hydrogens (tertiary/aromatic N) is 5. The van der Waals surface area contributed by atoms with Gasteiger partial charge >= 0.3 is 0 Å². The van der Waals surface area contributed by atoms with Crippen LogP contribution in [0.2, 0.25) is 0 Å². The van der Waals surface area contributed by atoms with Crippen molar-refractivity contribution in [3.63, 3.8) is 0 Å². The van der Waals surface area contributed by atoms with Gasteiger partial charge in [0.15, 0.2) is 0 Å². The van der Waals surface area contributed by atoms with Gasteiger partial charge in [0.25, 0.3) is 0 Å². The van der Waals surface area contributed by atoms with Gasteiger partial charge in [-0.3, -0.25) is 4.79 Å². The summed E-state index contributed by atoms with van der Waals surface area (Å²) in [5.41, 5.74) is 6.41. The molecule has 0 atom stereocenters. The maximum atomic E-state index is 12.9. The molecule has 0 radical (unpaired) electrons. The zero-order valence-corrected chi connectivity index (χ0v) is 20.3. The van der Waals surface area contributed by atoms with Gasteiger partial charge in [-0.05, 0) is 80.1 Å². The minimum Gasteiger partial charge on any atom is -0.351 e. The van der Waals surface area contributed by atoms with E-state index in [1.807, 2.05) is 13.1 Å². The molecule has 0 bridgehead atoms. The number of aryl methyl sites for hydroxylation is 1. The lowest BCUT2D eigenvalue weighted by molar-refractivity contribution is -0.125. The Morgan fingerprint density at radius 1 is 1.09 bits per heavy atom. The number of anilines is 2. The third-order valence-electron chi connectivity index (χ3n) is 8.00. The van der Waals surface area contributed by atoms with Crippen LogP contribution in [0.4, 0.5) is 11.5 Å². The highest BCUT2D eigenvalue weighted by Crippen LogP contribution is 2.35. The van der Waals surface area contributed by atoms with Gasteiger partial charge < -0.3 is 15.5 Å². The van der Waals surface area contributed by atoms with E-state index in [0.29, 0.717) is 5.92 Å². The van der Waals surface area contributed by atoms with E-state index in [4.69, 9.17) is 4.98 Å². The highest BCUT2D eigenvalue weighted by Gasteiger charge is 2.42. The molecule has 35 heavy (non-hydrogen) atoms. The summed E-state index contributed by atoms with van der Waals surface area (Å²) in [6.45, 7) is 5.25. The zero-order chi connectivity index (χ0) is 24.0. The average molecular weight is 470 g/mol. The van der Waals surface area contributed by atoms with Gasteiger partial charge in [0.2, 0.25) is 5.91 Å². The van der Waals surface area contributed by atoms with Crippen molar-refractivity contribution in [2.24, 2.45) is 10.2 Å². The Balaban J connectivity index is 1.29. The van der Waals surface area contributed by atoms with Crippen LogP contribution in [-0.4, -0.2) is 48.1 Å². The molecule has 3 aromatic rings. The minimum atomic E-state index is -0.419. The fourth-order valence-corrected chi connectivity index (χ4v) is 5.62. The largest absolute Gasteiger partial charge is 0.351 e. The first-order chi connectivity index (χ1) is 17.1. The molecule has 3 heterocycles. The second kappa shape index (κ2) is 8.68. The molecule has 2 N–H and O–H groups in total. The van der Waals surface area contributed by atoms with Crippen LogP contribution >= 0.6 is 0 Å². The second-order valence-corrected chi connectivity index (χ2v) is 10.1. The molecule has 2 aromatic carbocycles. The Morgan fingerprint density at radius 2 is 1.91 bits per heavy atom. The third-order valence-corrected chi connectivity index (χ3v) is 8.00. The molecule has 3 aliphatic rings. The molecule has 8 nitrogen and oxygen atoms in total. The summed E-state index contributed by atoms with van der Waals surface area (Å²) in [6, 6.07) is 10.8. The monoisotopic (exact) mass is 469 g/mol. The molecule has 0 unspecified atom stereocenters. The van der Waals surface area contributed by atoms with Crippen molar-refractivity contribution in [1.82, 2.24) is 15.3 Å². The summed E-state index contributed by atoms with van der Waals surface area (Å²) < 4.78 is 0. The van der Waals surface area contributed by atoms with Crippen molar-refractivity contribution < 1.29 is 4.79 Å². The van der Waals surface area contributed by atoms with Crippen LogP contribution in [0.15, 0.2) is 46.9 Å². The molecular formula is C27H31N7O. The number of likely N-dealkylation sites (N-methyl/N-ethyl adjacent to an activating group) is 1. The average Bonchev–Trinajstić information content (AvgIpc) is 3.38.